The molecular weight excluding hydrogens is 248 g/mol. The third-order valence-electron chi connectivity index (χ3n) is 2.93. The van der Waals surface area contributed by atoms with Gasteiger partial charge in [-0.3, -0.25) is 4.68 Å². The van der Waals surface area contributed by atoms with Crippen molar-refractivity contribution in [2.24, 2.45) is 0 Å². The molecule has 0 spiro atoms. The Morgan fingerprint density at radius 1 is 1.33 bits per heavy atom. The Morgan fingerprint density at radius 2 is 2.06 bits per heavy atom. The van der Waals surface area contributed by atoms with Gasteiger partial charge in [-0.05, 0) is 23.6 Å². The van der Waals surface area contributed by atoms with Crippen LogP contribution in [0.2, 0.25) is 0 Å². The fourth-order valence-electron chi connectivity index (χ4n) is 1.83. The van der Waals surface area contributed by atoms with E-state index in [1.165, 1.54) is 11.8 Å². The van der Waals surface area contributed by atoms with Gasteiger partial charge in [0.15, 0.2) is 0 Å². The molecule has 0 radical (unpaired) electrons. The lowest BCUT2D eigenvalue weighted by Gasteiger charge is -2.03. The van der Waals surface area contributed by atoms with Crippen LogP contribution >= 0.6 is 0 Å². The average molecular weight is 266 g/mol. The lowest BCUT2D eigenvalue weighted by Crippen LogP contribution is -2.11. The monoisotopic (exact) mass is 266 g/mol. The third kappa shape index (κ3) is 3.10. The first-order valence-electron chi connectivity index (χ1n) is 6.00. The molecule has 0 amide bonds. The lowest BCUT2D eigenvalue weighted by molar-refractivity contribution is 0.587. The molecule has 2 aromatic rings. The summed E-state index contributed by atoms with van der Waals surface area (Å²) in [7, 11) is -2.94. The Kier molecular flexibility index (Phi) is 3.43. The molecule has 2 rings (SSSR count). The van der Waals surface area contributed by atoms with Gasteiger partial charge in [0.05, 0.1) is 17.8 Å². The summed E-state index contributed by atoms with van der Waals surface area (Å²) in [6.45, 7) is 4.70. The maximum absolute atomic E-state index is 11.1. The van der Waals surface area contributed by atoms with Crippen molar-refractivity contribution in [3.05, 3.63) is 30.0 Å². The molecule has 18 heavy (non-hydrogen) atoms. The first-order chi connectivity index (χ1) is 8.35. The molecule has 0 unspecified atom stereocenters. The van der Waals surface area contributed by atoms with E-state index in [9.17, 15) is 8.42 Å². The third-order valence-corrected chi connectivity index (χ3v) is 3.86. The zero-order valence-corrected chi connectivity index (χ0v) is 11.7. The van der Waals surface area contributed by atoms with Crippen LogP contribution in [-0.4, -0.2) is 30.2 Å². The summed E-state index contributed by atoms with van der Waals surface area (Å²) in [5.74, 6) is 0.603. The van der Waals surface area contributed by atoms with Crippen molar-refractivity contribution in [1.29, 1.82) is 0 Å². The molecule has 5 heteroatoms. The molecule has 0 saturated carbocycles. The molecule has 0 atom stereocenters. The molecule has 0 aliphatic heterocycles. The SMILES string of the molecule is CC(C)c1ccc2nn(CCS(C)(=O)=O)cc2c1. The second kappa shape index (κ2) is 4.72. The van der Waals surface area contributed by atoms with Gasteiger partial charge in [-0.25, -0.2) is 8.42 Å². The van der Waals surface area contributed by atoms with Crippen LogP contribution in [0.5, 0.6) is 0 Å². The van der Waals surface area contributed by atoms with E-state index in [2.05, 4.69) is 31.1 Å². The maximum Gasteiger partial charge on any atom is 0.149 e. The molecule has 1 heterocycles. The van der Waals surface area contributed by atoms with Gasteiger partial charge in [-0.15, -0.1) is 0 Å². The Labute approximate surface area is 108 Å². The van der Waals surface area contributed by atoms with Crippen LogP contribution in [0, 0.1) is 0 Å². The first-order valence-corrected chi connectivity index (χ1v) is 8.06. The summed E-state index contributed by atoms with van der Waals surface area (Å²) in [6.07, 6.45) is 3.15. The summed E-state index contributed by atoms with van der Waals surface area (Å²) in [5.41, 5.74) is 2.18. The van der Waals surface area contributed by atoms with E-state index in [0.717, 1.165) is 10.9 Å². The molecule has 0 aliphatic carbocycles. The Morgan fingerprint density at radius 3 is 2.67 bits per heavy atom. The van der Waals surface area contributed by atoms with Crippen LogP contribution < -0.4 is 0 Å². The van der Waals surface area contributed by atoms with E-state index in [-0.39, 0.29) is 5.75 Å². The molecule has 1 aromatic heterocycles. The zero-order chi connectivity index (χ0) is 13.3. The van der Waals surface area contributed by atoms with Crippen molar-refractivity contribution < 1.29 is 8.42 Å². The fraction of sp³-hybridized carbons (Fsp3) is 0.462. The minimum atomic E-state index is -2.94. The number of hydrogen-bond acceptors (Lipinski definition) is 3. The molecule has 1 aromatic carbocycles. The van der Waals surface area contributed by atoms with Crippen LogP contribution in [0.4, 0.5) is 0 Å². The highest BCUT2D eigenvalue weighted by atomic mass is 32.2. The molecule has 0 saturated heterocycles. The van der Waals surface area contributed by atoms with Crippen molar-refractivity contribution in [2.45, 2.75) is 26.3 Å². The van der Waals surface area contributed by atoms with Crippen LogP contribution in [0.15, 0.2) is 24.4 Å². The van der Waals surface area contributed by atoms with Gasteiger partial charge in [0, 0.05) is 17.8 Å². The van der Waals surface area contributed by atoms with Crippen molar-refractivity contribution in [1.82, 2.24) is 9.78 Å². The molecular formula is C13H18N2O2S. The number of sulfone groups is 1. The Balaban J connectivity index is 2.27. The normalized spacial score (nSPS) is 12.4. The van der Waals surface area contributed by atoms with Crippen LogP contribution in [0.1, 0.15) is 25.3 Å². The maximum atomic E-state index is 11.1. The van der Waals surface area contributed by atoms with Crippen molar-refractivity contribution in [2.75, 3.05) is 12.0 Å². The van der Waals surface area contributed by atoms with E-state index in [4.69, 9.17) is 0 Å². The van der Waals surface area contributed by atoms with Crippen molar-refractivity contribution >= 4 is 20.7 Å². The summed E-state index contributed by atoms with van der Waals surface area (Å²) >= 11 is 0. The van der Waals surface area contributed by atoms with Crippen LogP contribution in [0.25, 0.3) is 10.9 Å². The second-order valence-electron chi connectivity index (χ2n) is 5.00. The minimum absolute atomic E-state index is 0.123. The number of aromatic nitrogens is 2. The Hall–Kier alpha value is -1.36. The molecule has 4 nitrogen and oxygen atoms in total. The highest BCUT2D eigenvalue weighted by Gasteiger charge is 2.07. The number of fused-ring (bicyclic) bond motifs is 1. The van der Waals surface area contributed by atoms with Gasteiger partial charge in [-0.2, -0.15) is 5.10 Å². The number of benzene rings is 1. The predicted molar refractivity (Wildman–Crippen MR) is 73.5 cm³/mol. The van der Waals surface area contributed by atoms with Crippen LogP contribution in [-0.2, 0) is 16.4 Å². The van der Waals surface area contributed by atoms with Gasteiger partial charge in [0.1, 0.15) is 9.84 Å². The summed E-state index contributed by atoms with van der Waals surface area (Å²) in [4.78, 5) is 0. The van der Waals surface area contributed by atoms with E-state index in [0.29, 0.717) is 12.5 Å². The quantitative estimate of drug-likeness (QED) is 0.852. The van der Waals surface area contributed by atoms with Gasteiger partial charge in [0.2, 0.25) is 0 Å². The number of aryl methyl sites for hydroxylation is 1. The van der Waals surface area contributed by atoms with Gasteiger partial charge in [0.25, 0.3) is 0 Å². The number of nitrogens with zero attached hydrogens (tertiary/aromatic N) is 2. The van der Waals surface area contributed by atoms with Gasteiger partial charge < -0.3 is 0 Å². The highest BCUT2D eigenvalue weighted by molar-refractivity contribution is 7.90. The molecule has 0 bridgehead atoms. The van der Waals surface area contributed by atoms with Gasteiger partial charge in [-0.1, -0.05) is 19.9 Å². The summed E-state index contributed by atoms with van der Waals surface area (Å²) < 4.78 is 23.9. The first kappa shape index (κ1) is 13.1. The standard InChI is InChI=1S/C13H18N2O2S/c1-10(2)11-4-5-13-12(8-11)9-15(14-13)6-7-18(3,16)17/h4-5,8-10H,6-7H2,1-3H3. The topological polar surface area (TPSA) is 52.0 Å². The lowest BCUT2D eigenvalue weighted by atomic mass is 10.0. The molecule has 0 fully saturated rings. The number of rotatable bonds is 4. The largest absolute Gasteiger partial charge is 0.271 e. The Bertz CT molecular complexity index is 657. The molecule has 98 valence electrons. The fourth-order valence-corrected chi connectivity index (χ4v) is 2.35. The zero-order valence-electron chi connectivity index (χ0n) is 10.9. The average Bonchev–Trinajstić information content (AvgIpc) is 2.66. The number of hydrogen-bond donors (Lipinski definition) is 0. The minimum Gasteiger partial charge on any atom is -0.271 e. The van der Waals surface area contributed by atoms with E-state index < -0.39 is 9.84 Å². The second-order valence-corrected chi connectivity index (χ2v) is 7.25. The summed E-state index contributed by atoms with van der Waals surface area (Å²) in [5, 5.41) is 5.43. The van der Waals surface area contributed by atoms with E-state index in [1.54, 1.807) is 4.68 Å². The highest BCUT2D eigenvalue weighted by Crippen LogP contribution is 2.20. The van der Waals surface area contributed by atoms with Crippen molar-refractivity contribution in [3.8, 4) is 0 Å². The molecule has 0 aliphatic rings. The van der Waals surface area contributed by atoms with Crippen LogP contribution in [0.3, 0.4) is 0 Å². The predicted octanol–water partition coefficient (Wildman–Crippen LogP) is 2.20. The summed E-state index contributed by atoms with van der Waals surface area (Å²) in [6, 6.07) is 6.17. The van der Waals surface area contributed by atoms with E-state index >= 15 is 0 Å². The van der Waals surface area contributed by atoms with Gasteiger partial charge >= 0.3 is 0 Å². The van der Waals surface area contributed by atoms with Crippen molar-refractivity contribution in [3.63, 3.8) is 0 Å². The van der Waals surface area contributed by atoms with E-state index in [1.807, 2.05) is 12.3 Å². The molecule has 0 N–H and O–H groups in total. The smallest absolute Gasteiger partial charge is 0.149 e.